The molecule has 0 N–H and O–H groups in total. The molecule has 130 valence electrons. The van der Waals surface area contributed by atoms with Crippen LogP contribution < -0.4 is 9.80 Å². The van der Waals surface area contributed by atoms with Crippen LogP contribution in [-0.4, -0.2) is 24.9 Å². The van der Waals surface area contributed by atoms with E-state index in [1.165, 1.54) is 29.5 Å². The smallest absolute Gasteiger partial charge is 0.228 e. The van der Waals surface area contributed by atoms with Gasteiger partial charge in [-0.1, -0.05) is 18.2 Å². The van der Waals surface area contributed by atoms with Gasteiger partial charge in [0, 0.05) is 37.8 Å². The minimum absolute atomic E-state index is 0.000474. The van der Waals surface area contributed by atoms with Crippen molar-refractivity contribution >= 4 is 23.2 Å². The predicted molar refractivity (Wildman–Crippen MR) is 96.2 cm³/mol. The quantitative estimate of drug-likeness (QED) is 0.854. The van der Waals surface area contributed by atoms with Gasteiger partial charge < -0.3 is 9.80 Å². The Morgan fingerprint density at radius 2 is 1.84 bits per heavy atom. The Hall–Kier alpha value is -2.69. The van der Waals surface area contributed by atoms with E-state index in [-0.39, 0.29) is 30.6 Å². The molecule has 0 radical (unpaired) electrons. The number of nitrogens with zero attached hydrogens (tertiary/aromatic N) is 2. The summed E-state index contributed by atoms with van der Waals surface area (Å²) < 4.78 is 13.1. The van der Waals surface area contributed by atoms with Crippen LogP contribution in [0.1, 0.15) is 25.3 Å². The van der Waals surface area contributed by atoms with E-state index in [4.69, 9.17) is 0 Å². The van der Waals surface area contributed by atoms with E-state index in [0.29, 0.717) is 12.2 Å². The molecule has 0 atom stereocenters. The van der Waals surface area contributed by atoms with Crippen molar-refractivity contribution in [3.8, 4) is 0 Å². The molecule has 1 aliphatic rings. The second-order valence-corrected chi connectivity index (χ2v) is 6.17. The van der Waals surface area contributed by atoms with Crippen molar-refractivity contribution in [3.05, 3.63) is 59.9 Å². The summed E-state index contributed by atoms with van der Waals surface area (Å²) in [6.45, 7) is 2.43. The highest BCUT2D eigenvalue weighted by atomic mass is 19.1. The number of halogens is 1. The summed E-state index contributed by atoms with van der Waals surface area (Å²) in [5.41, 5.74) is 2.75. The second kappa shape index (κ2) is 7.47. The molecular formula is C20H21FN2O2. The first-order valence-electron chi connectivity index (χ1n) is 8.48. The third-order valence-corrected chi connectivity index (χ3v) is 4.48. The van der Waals surface area contributed by atoms with Crippen LogP contribution in [0.25, 0.3) is 0 Å². The van der Waals surface area contributed by atoms with E-state index in [2.05, 4.69) is 6.07 Å². The van der Waals surface area contributed by atoms with Crippen molar-refractivity contribution in [2.75, 3.05) is 22.9 Å². The number of para-hydroxylation sites is 1. The molecule has 0 fully saturated rings. The lowest BCUT2D eigenvalue weighted by Gasteiger charge is -2.30. The summed E-state index contributed by atoms with van der Waals surface area (Å²) in [6.07, 6.45) is 2.15. The van der Waals surface area contributed by atoms with E-state index in [0.717, 1.165) is 18.5 Å². The van der Waals surface area contributed by atoms with Gasteiger partial charge >= 0.3 is 0 Å². The first-order valence-corrected chi connectivity index (χ1v) is 8.48. The molecule has 0 aromatic heterocycles. The largest absolute Gasteiger partial charge is 0.312 e. The maximum absolute atomic E-state index is 13.1. The Balaban J connectivity index is 1.70. The normalized spacial score (nSPS) is 13.3. The van der Waals surface area contributed by atoms with Gasteiger partial charge in [0.1, 0.15) is 5.82 Å². The number of anilines is 2. The van der Waals surface area contributed by atoms with Crippen molar-refractivity contribution in [1.82, 2.24) is 0 Å². The Morgan fingerprint density at radius 1 is 1.12 bits per heavy atom. The van der Waals surface area contributed by atoms with Gasteiger partial charge in [-0.05, 0) is 48.7 Å². The zero-order valence-corrected chi connectivity index (χ0v) is 14.2. The predicted octanol–water partition coefficient (Wildman–Crippen LogP) is 3.55. The molecule has 2 amide bonds. The first kappa shape index (κ1) is 17.1. The van der Waals surface area contributed by atoms with Gasteiger partial charge in [0.15, 0.2) is 0 Å². The first-order chi connectivity index (χ1) is 12.1. The number of amides is 2. The van der Waals surface area contributed by atoms with Crippen LogP contribution in [0.4, 0.5) is 15.8 Å². The lowest BCUT2D eigenvalue weighted by atomic mass is 10.0. The highest BCUT2D eigenvalue weighted by molar-refractivity contribution is 5.96. The van der Waals surface area contributed by atoms with Gasteiger partial charge in [0.05, 0.1) is 0 Å². The minimum Gasteiger partial charge on any atom is -0.312 e. The van der Waals surface area contributed by atoms with Crippen molar-refractivity contribution in [1.29, 1.82) is 0 Å². The molecule has 0 spiro atoms. The average molecular weight is 340 g/mol. The van der Waals surface area contributed by atoms with Crippen LogP contribution in [0.15, 0.2) is 48.5 Å². The molecule has 1 heterocycles. The number of carbonyl (C=O) groups excluding carboxylic acids is 2. The minimum atomic E-state index is -0.353. The fraction of sp³-hybridized carbons (Fsp3) is 0.300. The average Bonchev–Trinajstić information content (AvgIpc) is 2.62. The van der Waals surface area contributed by atoms with Crippen molar-refractivity contribution in [3.63, 3.8) is 0 Å². The van der Waals surface area contributed by atoms with Gasteiger partial charge in [-0.2, -0.15) is 0 Å². The van der Waals surface area contributed by atoms with Crippen molar-refractivity contribution in [2.24, 2.45) is 0 Å². The molecule has 2 aromatic rings. The Morgan fingerprint density at radius 3 is 2.56 bits per heavy atom. The molecule has 2 aromatic carbocycles. The number of rotatable bonds is 4. The monoisotopic (exact) mass is 340 g/mol. The molecule has 0 bridgehead atoms. The fourth-order valence-corrected chi connectivity index (χ4v) is 3.22. The van der Waals surface area contributed by atoms with Crippen molar-refractivity contribution < 1.29 is 14.0 Å². The van der Waals surface area contributed by atoms with Crippen LogP contribution >= 0.6 is 0 Å². The number of hydrogen-bond donors (Lipinski definition) is 0. The SMILES string of the molecule is CC(=O)N(CCC(=O)N1CCCc2ccccc21)c1ccc(F)cc1. The lowest BCUT2D eigenvalue weighted by Crippen LogP contribution is -2.38. The molecule has 4 nitrogen and oxygen atoms in total. The molecule has 3 rings (SSSR count). The maximum atomic E-state index is 13.1. The number of carbonyl (C=O) groups is 2. The second-order valence-electron chi connectivity index (χ2n) is 6.17. The summed E-state index contributed by atoms with van der Waals surface area (Å²) >= 11 is 0. The van der Waals surface area contributed by atoms with Crippen LogP contribution in [-0.2, 0) is 16.0 Å². The van der Waals surface area contributed by atoms with E-state index in [9.17, 15) is 14.0 Å². The van der Waals surface area contributed by atoms with Crippen LogP contribution in [0.2, 0.25) is 0 Å². The standard InChI is InChI=1S/C20H21FN2O2/c1-15(24)22(18-10-8-17(21)9-11-18)14-12-20(25)23-13-4-6-16-5-2-3-7-19(16)23/h2-3,5,7-11H,4,6,12-14H2,1H3. The molecular weight excluding hydrogens is 319 g/mol. The van der Waals surface area contributed by atoms with Crippen molar-refractivity contribution in [2.45, 2.75) is 26.2 Å². The summed E-state index contributed by atoms with van der Waals surface area (Å²) in [5, 5.41) is 0. The summed E-state index contributed by atoms with van der Waals surface area (Å²) in [6, 6.07) is 13.7. The van der Waals surface area contributed by atoms with Gasteiger partial charge in [-0.25, -0.2) is 4.39 Å². The molecule has 0 saturated heterocycles. The molecule has 0 saturated carbocycles. The van der Waals surface area contributed by atoms with Gasteiger partial charge in [0.25, 0.3) is 0 Å². The molecule has 25 heavy (non-hydrogen) atoms. The van der Waals surface area contributed by atoms with Gasteiger partial charge in [0.2, 0.25) is 11.8 Å². The summed E-state index contributed by atoms with van der Waals surface area (Å²) in [4.78, 5) is 27.9. The van der Waals surface area contributed by atoms with Gasteiger partial charge in [-0.3, -0.25) is 9.59 Å². The topological polar surface area (TPSA) is 40.6 Å². The number of benzene rings is 2. The van der Waals surface area contributed by atoms with Gasteiger partial charge in [-0.15, -0.1) is 0 Å². The molecule has 0 unspecified atom stereocenters. The highest BCUT2D eigenvalue weighted by Gasteiger charge is 2.23. The molecule has 5 heteroatoms. The zero-order chi connectivity index (χ0) is 17.8. The number of aryl methyl sites for hydroxylation is 1. The van der Waals surface area contributed by atoms with Crippen LogP contribution in [0.3, 0.4) is 0 Å². The van der Waals surface area contributed by atoms with E-state index >= 15 is 0 Å². The Kier molecular flexibility index (Phi) is 5.12. The Bertz CT molecular complexity index is 774. The lowest BCUT2D eigenvalue weighted by molar-refractivity contribution is -0.118. The fourth-order valence-electron chi connectivity index (χ4n) is 3.22. The third kappa shape index (κ3) is 3.87. The number of hydrogen-bond acceptors (Lipinski definition) is 2. The van der Waals surface area contributed by atoms with Crippen LogP contribution in [0, 0.1) is 5.82 Å². The Labute approximate surface area is 146 Å². The maximum Gasteiger partial charge on any atom is 0.228 e. The summed E-state index contributed by atoms with van der Waals surface area (Å²) in [5.74, 6) is -0.521. The molecule has 0 aliphatic carbocycles. The summed E-state index contributed by atoms with van der Waals surface area (Å²) in [7, 11) is 0. The third-order valence-electron chi connectivity index (χ3n) is 4.48. The van der Waals surface area contributed by atoms with Crippen LogP contribution in [0.5, 0.6) is 0 Å². The molecule has 1 aliphatic heterocycles. The highest BCUT2D eigenvalue weighted by Crippen LogP contribution is 2.27. The number of fused-ring (bicyclic) bond motifs is 1. The van der Waals surface area contributed by atoms with E-state index in [1.54, 1.807) is 12.1 Å². The van der Waals surface area contributed by atoms with E-state index < -0.39 is 0 Å². The zero-order valence-electron chi connectivity index (χ0n) is 14.2. The van der Waals surface area contributed by atoms with E-state index in [1.807, 2.05) is 23.1 Å².